The molecule has 0 saturated heterocycles. The third-order valence-corrected chi connectivity index (χ3v) is 3.73. The maximum atomic E-state index is 9.93. The molecule has 0 bridgehead atoms. The zero-order valence-corrected chi connectivity index (χ0v) is 15.3. The minimum absolute atomic E-state index is 0. The first-order chi connectivity index (χ1) is 11.1. The zero-order valence-electron chi connectivity index (χ0n) is 14.5. The molecule has 0 radical (unpaired) electrons. The largest absolute Gasteiger partial charge is 0.491 e. The molecule has 0 aromatic heterocycles. The van der Waals surface area contributed by atoms with Gasteiger partial charge in [0.25, 0.3) is 0 Å². The second kappa shape index (κ2) is 11.1. The van der Waals surface area contributed by atoms with Gasteiger partial charge in [-0.1, -0.05) is 48.5 Å². The lowest BCUT2D eigenvalue weighted by molar-refractivity contribution is 0.0827. The molecule has 0 aliphatic carbocycles. The summed E-state index contributed by atoms with van der Waals surface area (Å²) in [6.45, 7) is 0.935. The molecule has 4 heteroatoms. The normalized spacial score (nSPS) is 11.8. The van der Waals surface area contributed by atoms with E-state index in [1.54, 1.807) is 0 Å². The molecule has 0 aliphatic heterocycles. The van der Waals surface area contributed by atoms with Crippen LogP contribution in [-0.2, 0) is 12.8 Å². The number of likely N-dealkylation sites (N-methyl/N-ethyl adjacent to an activating group) is 1. The lowest BCUT2D eigenvalue weighted by atomic mass is 10.0. The number of para-hydroxylation sites is 1. The number of ether oxygens (including phenoxy) is 1. The summed E-state index contributed by atoms with van der Waals surface area (Å²) in [4.78, 5) is 1.96. The van der Waals surface area contributed by atoms with Crippen LogP contribution in [0.4, 0.5) is 0 Å². The summed E-state index contributed by atoms with van der Waals surface area (Å²) in [6, 6.07) is 18.7. The van der Waals surface area contributed by atoms with Crippen molar-refractivity contribution in [1.82, 2.24) is 4.90 Å². The summed E-state index contributed by atoms with van der Waals surface area (Å²) >= 11 is 0. The number of hydrogen-bond acceptors (Lipinski definition) is 3. The van der Waals surface area contributed by atoms with Crippen LogP contribution >= 0.6 is 12.4 Å². The average Bonchev–Trinajstić information content (AvgIpc) is 2.54. The van der Waals surface area contributed by atoms with Gasteiger partial charge in [0.1, 0.15) is 18.5 Å². The van der Waals surface area contributed by atoms with Crippen LogP contribution < -0.4 is 4.74 Å². The molecule has 0 heterocycles. The predicted molar refractivity (Wildman–Crippen MR) is 102 cm³/mol. The van der Waals surface area contributed by atoms with Crippen molar-refractivity contribution < 1.29 is 9.84 Å². The Morgan fingerprint density at radius 3 is 2.33 bits per heavy atom. The van der Waals surface area contributed by atoms with E-state index in [0.717, 1.165) is 25.0 Å². The summed E-state index contributed by atoms with van der Waals surface area (Å²) < 4.78 is 5.83. The van der Waals surface area contributed by atoms with Crippen molar-refractivity contribution in [2.75, 3.05) is 27.2 Å². The third kappa shape index (κ3) is 7.35. The van der Waals surface area contributed by atoms with E-state index in [2.05, 4.69) is 30.3 Å². The third-order valence-electron chi connectivity index (χ3n) is 3.73. The van der Waals surface area contributed by atoms with E-state index in [1.165, 1.54) is 11.1 Å². The molecule has 2 rings (SSSR count). The number of nitrogens with zero attached hydrogens (tertiary/aromatic N) is 1. The van der Waals surface area contributed by atoms with Crippen LogP contribution in [0.5, 0.6) is 5.75 Å². The van der Waals surface area contributed by atoms with E-state index in [-0.39, 0.29) is 12.4 Å². The lowest BCUT2D eigenvalue weighted by Gasteiger charge is -2.18. The highest BCUT2D eigenvalue weighted by molar-refractivity contribution is 5.85. The maximum Gasteiger partial charge on any atom is 0.122 e. The van der Waals surface area contributed by atoms with E-state index >= 15 is 0 Å². The molecule has 0 spiro atoms. The Morgan fingerprint density at radius 2 is 1.62 bits per heavy atom. The minimum atomic E-state index is -0.470. The fraction of sp³-hybridized carbons (Fsp3) is 0.400. The Morgan fingerprint density at radius 1 is 0.958 bits per heavy atom. The smallest absolute Gasteiger partial charge is 0.122 e. The average molecular weight is 350 g/mol. The molecular formula is C20H28ClNO2. The zero-order chi connectivity index (χ0) is 16.5. The molecule has 0 aliphatic rings. The highest BCUT2D eigenvalue weighted by atomic mass is 35.5. The van der Waals surface area contributed by atoms with Gasteiger partial charge in [-0.2, -0.15) is 0 Å². The number of halogens is 1. The summed E-state index contributed by atoms with van der Waals surface area (Å²) in [7, 11) is 3.89. The molecule has 3 nitrogen and oxygen atoms in total. The first-order valence-corrected chi connectivity index (χ1v) is 8.22. The van der Waals surface area contributed by atoms with Gasteiger partial charge in [-0.25, -0.2) is 0 Å². The fourth-order valence-electron chi connectivity index (χ4n) is 2.64. The Balaban J connectivity index is 0.00000288. The molecule has 0 amide bonds. The first kappa shape index (κ1) is 20.5. The number of benzene rings is 2. The predicted octanol–water partition coefficient (Wildman–Crippen LogP) is 3.59. The Bertz CT molecular complexity index is 575. The number of aliphatic hydroxyl groups is 1. The maximum absolute atomic E-state index is 9.93. The molecule has 1 N–H and O–H groups in total. The lowest BCUT2D eigenvalue weighted by Crippen LogP contribution is -2.30. The molecule has 2 aromatic carbocycles. The number of aryl methyl sites for hydroxylation is 2. The van der Waals surface area contributed by atoms with Crippen molar-refractivity contribution >= 4 is 12.4 Å². The molecule has 1 unspecified atom stereocenters. The fourth-order valence-corrected chi connectivity index (χ4v) is 2.64. The number of rotatable bonds is 9. The van der Waals surface area contributed by atoms with Crippen molar-refractivity contribution in [3.63, 3.8) is 0 Å². The van der Waals surface area contributed by atoms with Gasteiger partial charge < -0.3 is 14.7 Å². The first-order valence-electron chi connectivity index (χ1n) is 8.22. The van der Waals surface area contributed by atoms with Crippen molar-refractivity contribution in [2.45, 2.75) is 25.4 Å². The second-order valence-corrected chi connectivity index (χ2v) is 6.17. The van der Waals surface area contributed by atoms with E-state index in [0.29, 0.717) is 13.2 Å². The van der Waals surface area contributed by atoms with Crippen LogP contribution in [0.15, 0.2) is 54.6 Å². The summed E-state index contributed by atoms with van der Waals surface area (Å²) in [5, 5.41) is 9.93. The molecule has 0 fully saturated rings. The van der Waals surface area contributed by atoms with Crippen molar-refractivity contribution in [3.05, 3.63) is 65.7 Å². The summed E-state index contributed by atoms with van der Waals surface area (Å²) in [5.41, 5.74) is 2.58. The topological polar surface area (TPSA) is 32.7 Å². The monoisotopic (exact) mass is 349 g/mol. The Labute approximate surface area is 151 Å². The molecule has 1 atom stereocenters. The standard InChI is InChI=1S/C20H27NO2.ClH/c1-21(2)15-19(22)16-23-20-14-7-6-12-18(20)13-8-11-17-9-4-3-5-10-17;/h3-7,9-10,12,14,19,22H,8,11,13,15-16H2,1-2H3;1H. The van der Waals surface area contributed by atoms with Gasteiger partial charge in [0.2, 0.25) is 0 Å². The van der Waals surface area contributed by atoms with Crippen LogP contribution in [0, 0.1) is 0 Å². The minimum Gasteiger partial charge on any atom is -0.491 e. The molecule has 2 aromatic rings. The highest BCUT2D eigenvalue weighted by Crippen LogP contribution is 2.20. The number of hydrogen-bond donors (Lipinski definition) is 1. The van der Waals surface area contributed by atoms with Gasteiger partial charge in [-0.15, -0.1) is 12.4 Å². The van der Waals surface area contributed by atoms with Crippen LogP contribution in [0.1, 0.15) is 17.5 Å². The van der Waals surface area contributed by atoms with Crippen LogP contribution in [0.2, 0.25) is 0 Å². The van der Waals surface area contributed by atoms with Crippen LogP contribution in [0.25, 0.3) is 0 Å². The van der Waals surface area contributed by atoms with Crippen LogP contribution in [-0.4, -0.2) is 43.4 Å². The number of aliphatic hydroxyl groups excluding tert-OH is 1. The summed E-state index contributed by atoms with van der Waals surface area (Å²) in [6.07, 6.45) is 2.67. The van der Waals surface area contributed by atoms with Gasteiger partial charge in [0, 0.05) is 6.54 Å². The van der Waals surface area contributed by atoms with Crippen molar-refractivity contribution in [1.29, 1.82) is 0 Å². The van der Waals surface area contributed by atoms with E-state index in [1.807, 2.05) is 43.3 Å². The molecule has 24 heavy (non-hydrogen) atoms. The van der Waals surface area contributed by atoms with Gasteiger partial charge >= 0.3 is 0 Å². The van der Waals surface area contributed by atoms with Gasteiger partial charge in [-0.05, 0) is 50.6 Å². The van der Waals surface area contributed by atoms with Crippen LogP contribution in [0.3, 0.4) is 0 Å². The van der Waals surface area contributed by atoms with Gasteiger partial charge in [0.05, 0.1) is 0 Å². The van der Waals surface area contributed by atoms with Crippen molar-refractivity contribution in [2.24, 2.45) is 0 Å². The van der Waals surface area contributed by atoms with E-state index in [9.17, 15) is 5.11 Å². The summed E-state index contributed by atoms with van der Waals surface area (Å²) in [5.74, 6) is 0.887. The molecule has 0 saturated carbocycles. The van der Waals surface area contributed by atoms with E-state index in [4.69, 9.17) is 4.74 Å². The van der Waals surface area contributed by atoms with Gasteiger partial charge in [0.15, 0.2) is 0 Å². The Kier molecular flexibility index (Phi) is 9.46. The van der Waals surface area contributed by atoms with Crippen molar-refractivity contribution in [3.8, 4) is 5.75 Å². The highest BCUT2D eigenvalue weighted by Gasteiger charge is 2.09. The molecular weight excluding hydrogens is 322 g/mol. The second-order valence-electron chi connectivity index (χ2n) is 6.17. The van der Waals surface area contributed by atoms with Gasteiger partial charge in [-0.3, -0.25) is 0 Å². The van der Waals surface area contributed by atoms with E-state index < -0.39 is 6.10 Å². The molecule has 132 valence electrons. The Hall–Kier alpha value is -1.55. The SMILES string of the molecule is CN(C)CC(O)COc1ccccc1CCCc1ccccc1.Cl. The quantitative estimate of drug-likeness (QED) is 0.751.